The van der Waals surface area contributed by atoms with E-state index >= 15 is 0 Å². The van der Waals surface area contributed by atoms with Crippen molar-refractivity contribution in [1.29, 1.82) is 0 Å². The van der Waals surface area contributed by atoms with Crippen molar-refractivity contribution in [1.82, 2.24) is 10.2 Å². The number of aryl methyl sites for hydroxylation is 1. The molecule has 0 radical (unpaired) electrons. The Labute approximate surface area is 196 Å². The molecule has 9 heteroatoms. The first-order valence-electron chi connectivity index (χ1n) is 10.6. The van der Waals surface area contributed by atoms with Crippen LogP contribution in [0.5, 0.6) is 0 Å². The van der Waals surface area contributed by atoms with E-state index in [4.69, 9.17) is 4.74 Å². The van der Waals surface area contributed by atoms with Gasteiger partial charge in [-0.05, 0) is 36.8 Å². The van der Waals surface area contributed by atoms with Crippen molar-refractivity contribution in [2.24, 2.45) is 0 Å². The van der Waals surface area contributed by atoms with E-state index < -0.39 is 24.0 Å². The fourth-order valence-electron chi connectivity index (χ4n) is 3.63. The molecule has 2 N–H and O–H groups in total. The minimum absolute atomic E-state index is 0.00420. The number of carbonyl (C=O) groups is 3. The summed E-state index contributed by atoms with van der Waals surface area (Å²) in [7, 11) is 0. The Kier molecular flexibility index (Phi) is 9.13. The van der Waals surface area contributed by atoms with Crippen LogP contribution in [0.2, 0.25) is 0 Å². The third-order valence-corrected chi connectivity index (χ3v) is 7.65. The molecule has 3 rings (SSSR count). The molecule has 1 saturated heterocycles. The minimum atomic E-state index is -1.06. The van der Waals surface area contributed by atoms with E-state index in [0.717, 1.165) is 10.4 Å². The summed E-state index contributed by atoms with van der Waals surface area (Å²) in [6.45, 7) is 1.95. The Balaban J connectivity index is 1.75. The first kappa shape index (κ1) is 24.3. The first-order chi connectivity index (χ1) is 15.5. The molecule has 172 valence electrons. The van der Waals surface area contributed by atoms with Gasteiger partial charge in [0.1, 0.15) is 12.6 Å². The molecule has 0 aliphatic carbocycles. The Morgan fingerprint density at radius 2 is 2.03 bits per heavy atom. The molecule has 2 aromatic rings. The van der Waals surface area contributed by atoms with Gasteiger partial charge in [-0.15, -0.1) is 23.1 Å². The van der Waals surface area contributed by atoms with Crippen LogP contribution < -0.4 is 5.32 Å². The van der Waals surface area contributed by atoms with Gasteiger partial charge in [0.15, 0.2) is 0 Å². The topological polar surface area (TPSA) is 95.9 Å². The highest BCUT2D eigenvalue weighted by Crippen LogP contribution is 2.35. The number of carboxylic acids is 1. The van der Waals surface area contributed by atoms with Gasteiger partial charge in [-0.25, -0.2) is 0 Å². The second-order valence-electron chi connectivity index (χ2n) is 7.50. The molecule has 0 spiro atoms. The number of esters is 1. The highest BCUT2D eigenvalue weighted by molar-refractivity contribution is 7.99. The standard InChI is InChI=1S/C23H28N2O5S2/c1-2-30-23(29)17(11-10-16-7-4-3-5-8-16)24-18-15-32-20(19-9-6-12-31-19)13-25(22(18)28)14-21(26)27/h3-9,12,17-18,20,24H,2,10-11,13-15H2,1H3,(H,26,27)/t17-,18+,20+/m1/s1. The predicted molar refractivity (Wildman–Crippen MR) is 126 cm³/mol. The molecule has 32 heavy (non-hydrogen) atoms. The fourth-order valence-corrected chi connectivity index (χ4v) is 5.89. The molecular formula is C23H28N2O5S2. The first-order valence-corrected chi connectivity index (χ1v) is 12.5. The lowest BCUT2D eigenvalue weighted by Crippen LogP contribution is -2.53. The Hall–Kier alpha value is -2.36. The van der Waals surface area contributed by atoms with Gasteiger partial charge in [-0.2, -0.15) is 0 Å². The van der Waals surface area contributed by atoms with Crippen molar-refractivity contribution in [3.63, 3.8) is 0 Å². The molecule has 0 bridgehead atoms. The lowest BCUT2D eigenvalue weighted by Gasteiger charge is -2.26. The SMILES string of the molecule is CCOC(=O)[C@@H](CCc1ccccc1)N[C@H]1CS[C@H](c2cccs2)CN(CC(=O)O)C1=O. The van der Waals surface area contributed by atoms with Gasteiger partial charge in [0.2, 0.25) is 5.91 Å². The quantitative estimate of drug-likeness (QED) is 0.509. The van der Waals surface area contributed by atoms with Crippen LogP contribution in [-0.2, 0) is 25.5 Å². The predicted octanol–water partition coefficient (Wildman–Crippen LogP) is 2.97. The molecule has 7 nitrogen and oxygen atoms in total. The van der Waals surface area contributed by atoms with Crippen LogP contribution >= 0.6 is 23.1 Å². The van der Waals surface area contributed by atoms with E-state index in [1.54, 1.807) is 30.0 Å². The number of thioether (sulfide) groups is 1. The Morgan fingerprint density at radius 3 is 2.69 bits per heavy atom. The fraction of sp³-hybridized carbons (Fsp3) is 0.435. The number of nitrogens with one attached hydrogen (secondary N) is 1. The van der Waals surface area contributed by atoms with Gasteiger partial charge >= 0.3 is 11.9 Å². The summed E-state index contributed by atoms with van der Waals surface area (Å²) in [5.74, 6) is -1.31. The van der Waals surface area contributed by atoms with Crippen LogP contribution in [0, 0.1) is 0 Å². The van der Waals surface area contributed by atoms with Crippen molar-refractivity contribution in [2.75, 3.05) is 25.4 Å². The van der Waals surface area contributed by atoms with Crippen LogP contribution in [0.1, 0.15) is 29.0 Å². The molecule has 0 saturated carbocycles. The highest BCUT2D eigenvalue weighted by Gasteiger charge is 2.36. The monoisotopic (exact) mass is 476 g/mol. The van der Waals surface area contributed by atoms with Crippen LogP contribution in [0.3, 0.4) is 0 Å². The molecule has 1 amide bonds. The Bertz CT molecular complexity index is 891. The number of hydrogen-bond donors (Lipinski definition) is 2. The average molecular weight is 477 g/mol. The van der Waals surface area contributed by atoms with E-state index in [-0.39, 0.29) is 24.3 Å². The van der Waals surface area contributed by atoms with Crippen molar-refractivity contribution in [3.05, 3.63) is 58.3 Å². The van der Waals surface area contributed by atoms with Gasteiger partial charge in [0, 0.05) is 17.2 Å². The van der Waals surface area contributed by atoms with Gasteiger partial charge in [0.05, 0.1) is 17.9 Å². The molecule has 1 aliphatic rings. The molecule has 1 aromatic heterocycles. The zero-order chi connectivity index (χ0) is 22.9. The molecule has 1 aliphatic heterocycles. The smallest absolute Gasteiger partial charge is 0.323 e. The van der Waals surface area contributed by atoms with E-state index in [2.05, 4.69) is 5.32 Å². The summed E-state index contributed by atoms with van der Waals surface area (Å²) in [6.07, 6.45) is 1.13. The highest BCUT2D eigenvalue weighted by atomic mass is 32.2. The molecule has 1 fully saturated rings. The van der Waals surface area contributed by atoms with E-state index in [1.165, 1.54) is 4.90 Å². The number of benzene rings is 1. The maximum absolute atomic E-state index is 13.2. The number of carboxylic acid groups (broad SMARTS) is 1. The van der Waals surface area contributed by atoms with Crippen LogP contribution in [0.15, 0.2) is 47.8 Å². The second-order valence-corrected chi connectivity index (χ2v) is 9.71. The van der Waals surface area contributed by atoms with E-state index in [0.29, 0.717) is 25.1 Å². The number of amides is 1. The number of nitrogens with zero attached hydrogens (tertiary/aromatic N) is 1. The number of hydrogen-bond acceptors (Lipinski definition) is 7. The lowest BCUT2D eigenvalue weighted by atomic mass is 10.0. The third kappa shape index (κ3) is 6.82. The summed E-state index contributed by atoms with van der Waals surface area (Å²) in [5.41, 5.74) is 1.09. The van der Waals surface area contributed by atoms with Gasteiger partial charge in [0.25, 0.3) is 0 Å². The Morgan fingerprint density at radius 1 is 1.25 bits per heavy atom. The summed E-state index contributed by atoms with van der Waals surface area (Å²) < 4.78 is 5.25. The largest absolute Gasteiger partial charge is 0.480 e. The zero-order valence-electron chi connectivity index (χ0n) is 17.9. The third-order valence-electron chi connectivity index (χ3n) is 5.18. The maximum Gasteiger partial charge on any atom is 0.323 e. The number of thiophene rings is 1. The minimum Gasteiger partial charge on any atom is -0.480 e. The van der Waals surface area contributed by atoms with Crippen molar-refractivity contribution < 1.29 is 24.2 Å². The number of aliphatic carboxylic acids is 1. The van der Waals surface area contributed by atoms with Crippen LogP contribution in [-0.4, -0.2) is 65.4 Å². The lowest BCUT2D eigenvalue weighted by molar-refractivity contribution is -0.148. The number of carbonyl (C=O) groups excluding carboxylic acids is 2. The van der Waals surface area contributed by atoms with E-state index in [9.17, 15) is 19.5 Å². The molecule has 1 aromatic carbocycles. The van der Waals surface area contributed by atoms with E-state index in [1.807, 2.05) is 47.8 Å². The summed E-state index contributed by atoms with van der Waals surface area (Å²) >= 11 is 3.20. The second kappa shape index (κ2) is 12.0. The normalized spacial score (nSPS) is 19.9. The summed E-state index contributed by atoms with van der Waals surface area (Å²) in [5, 5.41) is 14.5. The summed E-state index contributed by atoms with van der Waals surface area (Å²) in [4.78, 5) is 39.7. The molecule has 3 atom stereocenters. The van der Waals surface area contributed by atoms with Gasteiger partial charge < -0.3 is 14.7 Å². The van der Waals surface area contributed by atoms with Crippen molar-refractivity contribution in [3.8, 4) is 0 Å². The average Bonchev–Trinajstić information content (AvgIpc) is 3.27. The maximum atomic E-state index is 13.2. The van der Waals surface area contributed by atoms with Gasteiger partial charge in [-0.1, -0.05) is 36.4 Å². The molecule has 0 unspecified atom stereocenters. The van der Waals surface area contributed by atoms with Crippen LogP contribution in [0.4, 0.5) is 0 Å². The summed E-state index contributed by atoms with van der Waals surface area (Å²) in [6, 6.07) is 12.4. The van der Waals surface area contributed by atoms with Crippen LogP contribution in [0.25, 0.3) is 0 Å². The number of ether oxygens (including phenoxy) is 1. The van der Waals surface area contributed by atoms with Gasteiger partial charge in [-0.3, -0.25) is 19.7 Å². The molecular weight excluding hydrogens is 448 g/mol. The van der Waals surface area contributed by atoms with Crippen molar-refractivity contribution >= 4 is 40.9 Å². The molecule has 2 heterocycles. The van der Waals surface area contributed by atoms with Crippen molar-refractivity contribution in [2.45, 2.75) is 37.1 Å². The zero-order valence-corrected chi connectivity index (χ0v) is 19.6. The number of rotatable bonds is 10.